The van der Waals surface area contributed by atoms with Gasteiger partial charge in [-0.2, -0.15) is 0 Å². The molecule has 0 saturated heterocycles. The molecular formula is C14H20BrFN2O2S. The first-order valence-electron chi connectivity index (χ1n) is 6.53. The van der Waals surface area contributed by atoms with Crippen molar-refractivity contribution < 1.29 is 13.9 Å². The zero-order valence-corrected chi connectivity index (χ0v) is 14.6. The van der Waals surface area contributed by atoms with E-state index in [0.717, 1.165) is 6.42 Å². The van der Waals surface area contributed by atoms with E-state index in [9.17, 15) is 4.39 Å². The lowest BCUT2D eigenvalue weighted by Crippen LogP contribution is -2.30. The molecular weight excluding hydrogens is 359 g/mol. The zero-order valence-electron chi connectivity index (χ0n) is 12.2. The van der Waals surface area contributed by atoms with Crippen molar-refractivity contribution in [1.82, 2.24) is 0 Å². The van der Waals surface area contributed by atoms with Gasteiger partial charge in [-0.3, -0.25) is 0 Å². The number of methoxy groups -OCH3 is 2. The van der Waals surface area contributed by atoms with Gasteiger partial charge in [-0.25, -0.2) is 4.39 Å². The second-order valence-corrected chi connectivity index (χ2v) is 5.68. The summed E-state index contributed by atoms with van der Waals surface area (Å²) in [5.41, 5.74) is 6.56. The van der Waals surface area contributed by atoms with E-state index < -0.39 is 0 Å². The number of hydrogen-bond acceptors (Lipinski definition) is 4. The first-order chi connectivity index (χ1) is 10.0. The van der Waals surface area contributed by atoms with Gasteiger partial charge in [-0.15, -0.1) is 0 Å². The fraction of sp³-hybridized carbons (Fsp3) is 0.500. The van der Waals surface area contributed by atoms with Crippen molar-refractivity contribution in [2.75, 3.05) is 45.4 Å². The van der Waals surface area contributed by atoms with Gasteiger partial charge in [0.1, 0.15) is 4.99 Å². The number of halogens is 2. The Bertz CT molecular complexity index is 488. The molecule has 0 saturated carbocycles. The Balaban J connectivity index is 3.00. The first kappa shape index (κ1) is 18.3. The van der Waals surface area contributed by atoms with Crippen molar-refractivity contribution in [2.24, 2.45) is 5.73 Å². The molecule has 0 aromatic heterocycles. The Morgan fingerprint density at radius 2 is 1.95 bits per heavy atom. The van der Waals surface area contributed by atoms with Crippen LogP contribution in [-0.4, -0.2) is 45.5 Å². The molecule has 0 spiro atoms. The lowest BCUT2D eigenvalue weighted by molar-refractivity contribution is 0.191. The summed E-state index contributed by atoms with van der Waals surface area (Å²) in [6, 6.07) is 3.41. The summed E-state index contributed by atoms with van der Waals surface area (Å²) in [5, 5.41) is 0. The second-order valence-electron chi connectivity index (χ2n) is 4.45. The number of hydrogen-bond donors (Lipinski definition) is 1. The largest absolute Gasteiger partial charge is 0.389 e. The molecule has 0 amide bonds. The molecule has 0 atom stereocenters. The normalized spacial score (nSPS) is 10.7. The van der Waals surface area contributed by atoms with E-state index in [4.69, 9.17) is 27.4 Å². The maximum Gasteiger partial charge on any atom is 0.161 e. The predicted molar refractivity (Wildman–Crippen MR) is 90.6 cm³/mol. The minimum absolute atomic E-state index is 0.162. The van der Waals surface area contributed by atoms with Crippen LogP contribution in [0.5, 0.6) is 0 Å². The van der Waals surface area contributed by atoms with E-state index in [1.54, 1.807) is 26.4 Å². The Kier molecular flexibility index (Phi) is 8.10. The van der Waals surface area contributed by atoms with Crippen LogP contribution in [0.2, 0.25) is 0 Å². The number of anilines is 1. The molecule has 0 unspecified atom stereocenters. The van der Waals surface area contributed by atoms with Crippen LogP contribution in [0.25, 0.3) is 0 Å². The summed E-state index contributed by atoms with van der Waals surface area (Å²) >= 11 is 8.13. The van der Waals surface area contributed by atoms with Crippen molar-refractivity contribution in [2.45, 2.75) is 6.42 Å². The average molecular weight is 379 g/mol. The van der Waals surface area contributed by atoms with Crippen LogP contribution in [0.15, 0.2) is 16.6 Å². The SMILES string of the molecule is COCCCN(CCOC)c1ccc(C(N)=S)c(Br)c1F. The van der Waals surface area contributed by atoms with Crippen molar-refractivity contribution in [3.63, 3.8) is 0 Å². The molecule has 118 valence electrons. The lowest BCUT2D eigenvalue weighted by atomic mass is 10.1. The van der Waals surface area contributed by atoms with Gasteiger partial charge in [0.25, 0.3) is 0 Å². The lowest BCUT2D eigenvalue weighted by Gasteiger charge is -2.25. The highest BCUT2D eigenvalue weighted by molar-refractivity contribution is 9.10. The van der Waals surface area contributed by atoms with Crippen LogP contribution >= 0.6 is 28.1 Å². The molecule has 7 heteroatoms. The van der Waals surface area contributed by atoms with Gasteiger partial charge < -0.3 is 20.1 Å². The van der Waals surface area contributed by atoms with Gasteiger partial charge in [-0.1, -0.05) is 12.2 Å². The van der Waals surface area contributed by atoms with E-state index in [2.05, 4.69) is 15.9 Å². The molecule has 0 heterocycles. The van der Waals surface area contributed by atoms with Gasteiger partial charge in [0.15, 0.2) is 5.82 Å². The number of ether oxygens (including phenoxy) is 2. The molecule has 0 bridgehead atoms. The number of rotatable bonds is 9. The Labute approximate surface area is 138 Å². The van der Waals surface area contributed by atoms with Crippen molar-refractivity contribution in [1.29, 1.82) is 0 Å². The first-order valence-corrected chi connectivity index (χ1v) is 7.73. The van der Waals surface area contributed by atoms with Crippen molar-refractivity contribution >= 4 is 38.8 Å². The van der Waals surface area contributed by atoms with Crippen LogP contribution in [-0.2, 0) is 9.47 Å². The highest BCUT2D eigenvalue weighted by Crippen LogP contribution is 2.29. The third kappa shape index (κ3) is 5.18. The summed E-state index contributed by atoms with van der Waals surface area (Å²) in [5.74, 6) is -0.367. The topological polar surface area (TPSA) is 47.7 Å². The highest BCUT2D eigenvalue weighted by atomic mass is 79.9. The molecule has 4 nitrogen and oxygen atoms in total. The quantitative estimate of drug-likeness (QED) is 0.528. The van der Waals surface area contributed by atoms with E-state index in [0.29, 0.717) is 42.0 Å². The molecule has 0 radical (unpaired) electrons. The molecule has 1 aromatic carbocycles. The molecule has 1 aromatic rings. The average Bonchev–Trinajstić information content (AvgIpc) is 2.45. The van der Waals surface area contributed by atoms with Crippen LogP contribution in [0.3, 0.4) is 0 Å². The van der Waals surface area contributed by atoms with Crippen molar-refractivity contribution in [3.05, 3.63) is 28.0 Å². The van der Waals surface area contributed by atoms with Gasteiger partial charge >= 0.3 is 0 Å². The molecule has 0 aliphatic heterocycles. The summed E-state index contributed by atoms with van der Waals surface area (Å²) in [6.07, 6.45) is 0.800. The van der Waals surface area contributed by atoms with Crippen LogP contribution in [0.1, 0.15) is 12.0 Å². The minimum Gasteiger partial charge on any atom is -0.389 e. The summed E-state index contributed by atoms with van der Waals surface area (Å²) in [6.45, 7) is 2.40. The molecule has 0 fully saturated rings. The van der Waals surface area contributed by atoms with E-state index in [1.165, 1.54) is 0 Å². The Morgan fingerprint density at radius 3 is 2.52 bits per heavy atom. The zero-order chi connectivity index (χ0) is 15.8. The number of nitrogens with two attached hydrogens (primary N) is 1. The van der Waals surface area contributed by atoms with Gasteiger partial charge in [0.2, 0.25) is 0 Å². The molecule has 2 N–H and O–H groups in total. The fourth-order valence-corrected chi connectivity index (χ4v) is 2.78. The fourth-order valence-electron chi connectivity index (χ4n) is 1.93. The van der Waals surface area contributed by atoms with E-state index in [1.807, 2.05) is 4.90 Å². The number of benzene rings is 1. The summed E-state index contributed by atoms with van der Waals surface area (Å²) in [4.78, 5) is 2.08. The third-order valence-corrected chi connectivity index (χ3v) is 4.01. The van der Waals surface area contributed by atoms with Crippen molar-refractivity contribution in [3.8, 4) is 0 Å². The minimum atomic E-state index is -0.367. The standard InChI is InChI=1S/C14H20BrFN2O2S/c1-19-8-3-6-18(7-9-20-2)11-5-4-10(14(17)21)12(15)13(11)16/h4-5H,3,6-9H2,1-2H3,(H2,17,21). The molecule has 0 aliphatic carbocycles. The second kappa shape index (κ2) is 9.30. The van der Waals surface area contributed by atoms with E-state index >= 15 is 0 Å². The third-order valence-electron chi connectivity index (χ3n) is 3.01. The number of nitrogens with zero attached hydrogens (tertiary/aromatic N) is 1. The van der Waals surface area contributed by atoms with Crippen LogP contribution in [0.4, 0.5) is 10.1 Å². The summed E-state index contributed by atoms with van der Waals surface area (Å²) < 4.78 is 25.0. The Hall–Kier alpha value is -0.760. The highest BCUT2D eigenvalue weighted by Gasteiger charge is 2.17. The molecule has 1 rings (SSSR count). The maximum atomic E-state index is 14.5. The van der Waals surface area contributed by atoms with Gasteiger partial charge in [0.05, 0.1) is 16.8 Å². The Morgan fingerprint density at radius 1 is 1.29 bits per heavy atom. The van der Waals surface area contributed by atoms with Crippen LogP contribution in [0, 0.1) is 5.82 Å². The monoisotopic (exact) mass is 378 g/mol. The maximum absolute atomic E-state index is 14.5. The van der Waals surface area contributed by atoms with Gasteiger partial charge in [-0.05, 0) is 34.5 Å². The predicted octanol–water partition coefficient (Wildman–Crippen LogP) is 2.71. The molecule has 21 heavy (non-hydrogen) atoms. The summed E-state index contributed by atoms with van der Waals surface area (Å²) in [7, 11) is 3.27. The smallest absolute Gasteiger partial charge is 0.161 e. The van der Waals surface area contributed by atoms with Gasteiger partial charge in [0, 0.05) is 39.5 Å². The van der Waals surface area contributed by atoms with Crippen LogP contribution < -0.4 is 10.6 Å². The molecule has 0 aliphatic rings. The van der Waals surface area contributed by atoms with E-state index in [-0.39, 0.29) is 10.8 Å². The number of thiocarbonyl (C=S) groups is 1.